The molecule has 6 nitrogen and oxygen atoms in total. The average molecular weight is 455 g/mol. The fourth-order valence-electron chi connectivity index (χ4n) is 3.55. The number of ether oxygens (including phenoxy) is 1. The average Bonchev–Trinajstić information content (AvgIpc) is 3.04. The molecule has 8 heteroatoms. The number of aromatic nitrogens is 1. The number of pyridine rings is 1. The summed E-state index contributed by atoms with van der Waals surface area (Å²) in [5.74, 6) is -1.53. The van der Waals surface area contributed by atoms with E-state index in [1.54, 1.807) is 60.9 Å². The van der Waals surface area contributed by atoms with Crippen molar-refractivity contribution in [2.45, 2.75) is 6.04 Å². The van der Waals surface area contributed by atoms with Gasteiger partial charge in [0.2, 0.25) is 0 Å². The molecule has 1 unspecified atom stereocenters. The lowest BCUT2D eigenvalue weighted by atomic mass is 9.96. The number of aliphatic hydroxyl groups excluding tert-OH is 1. The van der Waals surface area contributed by atoms with E-state index in [2.05, 4.69) is 4.98 Å². The van der Waals surface area contributed by atoms with Gasteiger partial charge in [0.1, 0.15) is 11.5 Å². The maximum absolute atomic E-state index is 13.1. The lowest BCUT2D eigenvalue weighted by molar-refractivity contribution is -0.132. The van der Waals surface area contributed by atoms with E-state index >= 15 is 0 Å². The zero-order valence-electron chi connectivity index (χ0n) is 16.3. The summed E-state index contributed by atoms with van der Waals surface area (Å²) in [6, 6.07) is 13.7. The van der Waals surface area contributed by atoms with Gasteiger partial charge in [-0.05, 0) is 48.0 Å². The van der Waals surface area contributed by atoms with Crippen LogP contribution in [0, 0.1) is 0 Å². The Kier molecular flexibility index (Phi) is 5.67. The van der Waals surface area contributed by atoms with Gasteiger partial charge in [-0.25, -0.2) is 0 Å². The van der Waals surface area contributed by atoms with E-state index in [9.17, 15) is 14.7 Å². The van der Waals surface area contributed by atoms with Gasteiger partial charge in [-0.3, -0.25) is 19.5 Å². The van der Waals surface area contributed by atoms with Gasteiger partial charge >= 0.3 is 0 Å². The van der Waals surface area contributed by atoms with Crippen LogP contribution < -0.4 is 9.64 Å². The first-order valence-corrected chi connectivity index (χ1v) is 9.98. The zero-order valence-corrected chi connectivity index (χ0v) is 17.8. The Morgan fingerprint density at radius 3 is 2.55 bits per heavy atom. The van der Waals surface area contributed by atoms with E-state index in [1.165, 1.54) is 18.1 Å². The molecular weight excluding hydrogens is 439 g/mol. The molecule has 2 heterocycles. The molecule has 1 saturated heterocycles. The Morgan fingerprint density at radius 2 is 1.90 bits per heavy atom. The molecule has 0 aliphatic carbocycles. The summed E-state index contributed by atoms with van der Waals surface area (Å²) in [7, 11) is 1.47. The molecule has 0 saturated carbocycles. The molecule has 1 fully saturated rings. The first-order chi connectivity index (χ1) is 14.9. The second-order valence-corrected chi connectivity index (χ2v) is 7.63. The van der Waals surface area contributed by atoms with Crippen LogP contribution in [0.15, 0.2) is 72.6 Å². The summed E-state index contributed by atoms with van der Waals surface area (Å²) in [6.45, 7) is 0. The molecule has 0 bridgehead atoms. The number of ketones is 1. The van der Waals surface area contributed by atoms with Crippen LogP contribution in [0.3, 0.4) is 0 Å². The van der Waals surface area contributed by atoms with Crippen LogP contribution in [0.25, 0.3) is 5.76 Å². The Bertz CT molecular complexity index is 1210. The zero-order chi connectivity index (χ0) is 22.1. The topological polar surface area (TPSA) is 79.7 Å². The van der Waals surface area contributed by atoms with Crippen molar-refractivity contribution in [3.05, 3.63) is 93.7 Å². The van der Waals surface area contributed by atoms with Crippen LogP contribution in [-0.2, 0) is 9.59 Å². The number of rotatable bonds is 4. The number of carbonyl (C=O) groups is 2. The largest absolute Gasteiger partial charge is 0.507 e. The SMILES string of the molecule is COc1ccc(/C(O)=C2\C(=O)C(=O)N(c3cccc(Cl)c3)C2c2cccnc2)cc1Cl. The van der Waals surface area contributed by atoms with Crippen molar-refractivity contribution in [3.8, 4) is 5.75 Å². The number of anilines is 1. The smallest absolute Gasteiger partial charge is 0.300 e. The fraction of sp³-hybridized carbons (Fsp3) is 0.0870. The maximum Gasteiger partial charge on any atom is 0.300 e. The predicted octanol–water partition coefficient (Wildman–Crippen LogP) is 5.02. The van der Waals surface area contributed by atoms with Crippen LogP contribution >= 0.6 is 23.2 Å². The fourth-order valence-corrected chi connectivity index (χ4v) is 3.99. The number of hydrogen-bond acceptors (Lipinski definition) is 5. The Morgan fingerprint density at radius 1 is 1.10 bits per heavy atom. The molecule has 4 rings (SSSR count). The van der Waals surface area contributed by atoms with Crippen molar-refractivity contribution in [2.75, 3.05) is 12.0 Å². The van der Waals surface area contributed by atoms with Gasteiger partial charge in [0.25, 0.3) is 11.7 Å². The highest BCUT2D eigenvalue weighted by Gasteiger charge is 2.47. The van der Waals surface area contributed by atoms with Gasteiger partial charge in [0, 0.05) is 28.7 Å². The normalized spacial score (nSPS) is 17.8. The van der Waals surface area contributed by atoms with Gasteiger partial charge in [-0.1, -0.05) is 35.3 Å². The second kappa shape index (κ2) is 8.41. The van der Waals surface area contributed by atoms with Crippen molar-refractivity contribution < 1.29 is 19.4 Å². The molecule has 1 atom stereocenters. The van der Waals surface area contributed by atoms with E-state index in [0.29, 0.717) is 22.0 Å². The Labute approximate surface area is 188 Å². The highest BCUT2D eigenvalue weighted by Crippen LogP contribution is 2.42. The molecule has 0 radical (unpaired) electrons. The lowest BCUT2D eigenvalue weighted by Gasteiger charge is -2.25. The minimum absolute atomic E-state index is 0.0702. The van der Waals surface area contributed by atoms with Crippen LogP contribution in [0.4, 0.5) is 5.69 Å². The molecule has 2 aromatic carbocycles. The first-order valence-electron chi connectivity index (χ1n) is 9.22. The summed E-state index contributed by atoms with van der Waals surface area (Å²) in [4.78, 5) is 31.5. The first kappa shape index (κ1) is 20.9. The third-order valence-electron chi connectivity index (χ3n) is 4.96. The monoisotopic (exact) mass is 454 g/mol. The molecule has 1 aliphatic heterocycles. The van der Waals surface area contributed by atoms with E-state index in [-0.39, 0.29) is 21.9 Å². The van der Waals surface area contributed by atoms with E-state index in [0.717, 1.165) is 0 Å². The second-order valence-electron chi connectivity index (χ2n) is 6.78. The number of Topliss-reactive ketones (excluding diaryl/α,β-unsaturated/α-hetero) is 1. The van der Waals surface area contributed by atoms with E-state index in [1.807, 2.05) is 0 Å². The standard InChI is InChI=1S/C23H16Cl2N2O4/c1-31-18-8-7-13(10-17(18)25)21(28)19-20(14-4-3-9-26-12-14)27(23(30)22(19)29)16-6-2-5-15(24)11-16/h2-12,20,28H,1H3/b21-19+. The summed E-state index contributed by atoms with van der Waals surface area (Å²) in [5, 5.41) is 11.7. The van der Waals surface area contributed by atoms with Crippen molar-refractivity contribution in [2.24, 2.45) is 0 Å². The molecule has 1 aliphatic rings. The minimum Gasteiger partial charge on any atom is -0.507 e. The highest BCUT2D eigenvalue weighted by atomic mass is 35.5. The van der Waals surface area contributed by atoms with E-state index in [4.69, 9.17) is 27.9 Å². The quantitative estimate of drug-likeness (QED) is 0.340. The summed E-state index contributed by atoms with van der Waals surface area (Å²) in [5.41, 5.74) is 1.20. The van der Waals surface area contributed by atoms with Crippen molar-refractivity contribution in [1.82, 2.24) is 4.98 Å². The number of hydrogen-bond donors (Lipinski definition) is 1. The number of amides is 1. The minimum atomic E-state index is -0.895. The molecule has 0 spiro atoms. The van der Waals surface area contributed by atoms with Crippen molar-refractivity contribution >= 4 is 46.3 Å². The summed E-state index contributed by atoms with van der Waals surface area (Å²) in [6.07, 6.45) is 3.13. The van der Waals surface area contributed by atoms with Crippen molar-refractivity contribution in [3.63, 3.8) is 0 Å². The number of benzene rings is 2. The van der Waals surface area contributed by atoms with E-state index < -0.39 is 17.7 Å². The number of methoxy groups -OCH3 is 1. The van der Waals surface area contributed by atoms with Crippen LogP contribution in [0.2, 0.25) is 10.0 Å². The highest BCUT2D eigenvalue weighted by molar-refractivity contribution is 6.51. The molecular formula is C23H16Cl2N2O4. The van der Waals surface area contributed by atoms with Crippen LogP contribution in [0.1, 0.15) is 17.2 Å². The van der Waals surface area contributed by atoms with Gasteiger partial charge < -0.3 is 9.84 Å². The predicted molar refractivity (Wildman–Crippen MR) is 118 cm³/mol. The Hall–Kier alpha value is -3.35. The van der Waals surface area contributed by atoms with Gasteiger partial charge in [0.15, 0.2) is 0 Å². The summed E-state index contributed by atoms with van der Waals surface area (Å²) >= 11 is 12.3. The Balaban J connectivity index is 1.93. The van der Waals surface area contributed by atoms with Gasteiger partial charge in [0.05, 0.1) is 23.7 Å². The number of carbonyl (C=O) groups excluding carboxylic acids is 2. The summed E-state index contributed by atoms with van der Waals surface area (Å²) < 4.78 is 5.14. The molecule has 1 N–H and O–H groups in total. The van der Waals surface area contributed by atoms with Gasteiger partial charge in [-0.2, -0.15) is 0 Å². The third-order valence-corrected chi connectivity index (χ3v) is 5.49. The van der Waals surface area contributed by atoms with Crippen LogP contribution in [-0.4, -0.2) is 28.9 Å². The molecule has 1 amide bonds. The number of aliphatic hydroxyl groups is 1. The molecule has 1 aromatic heterocycles. The number of halogens is 2. The van der Waals surface area contributed by atoms with Crippen molar-refractivity contribution in [1.29, 1.82) is 0 Å². The van der Waals surface area contributed by atoms with Crippen LogP contribution in [0.5, 0.6) is 5.75 Å². The molecule has 156 valence electrons. The maximum atomic E-state index is 13.1. The lowest BCUT2D eigenvalue weighted by Crippen LogP contribution is -2.29. The third kappa shape index (κ3) is 3.76. The molecule has 31 heavy (non-hydrogen) atoms. The van der Waals surface area contributed by atoms with Gasteiger partial charge in [-0.15, -0.1) is 0 Å². The molecule has 3 aromatic rings. The number of nitrogens with zero attached hydrogens (tertiary/aromatic N) is 2.